The van der Waals surface area contributed by atoms with Crippen LogP contribution in [0.3, 0.4) is 0 Å². The topological polar surface area (TPSA) is 46.9 Å². The van der Waals surface area contributed by atoms with E-state index in [2.05, 4.69) is 17.0 Å². The highest BCUT2D eigenvalue weighted by atomic mass is 16.1. The number of amides is 1. The van der Waals surface area contributed by atoms with Gasteiger partial charge in [0.15, 0.2) is 0 Å². The predicted octanol–water partition coefficient (Wildman–Crippen LogP) is 1.67. The first-order valence-electron chi connectivity index (χ1n) is 5.29. The summed E-state index contributed by atoms with van der Waals surface area (Å²) in [6.45, 7) is 3.85. The zero-order valence-corrected chi connectivity index (χ0v) is 9.34. The number of carbonyl (C=O) groups excluding carboxylic acids is 1. The van der Waals surface area contributed by atoms with Crippen molar-refractivity contribution < 1.29 is 4.79 Å². The molecule has 0 saturated heterocycles. The lowest BCUT2D eigenvalue weighted by atomic mass is 10.3. The minimum absolute atomic E-state index is 0.183. The van der Waals surface area contributed by atoms with Crippen molar-refractivity contribution in [2.45, 2.75) is 6.54 Å². The van der Waals surface area contributed by atoms with Crippen LogP contribution in [-0.4, -0.2) is 15.7 Å². The molecule has 0 atom stereocenters. The van der Waals surface area contributed by atoms with Crippen LogP contribution >= 0.6 is 0 Å². The van der Waals surface area contributed by atoms with Crippen LogP contribution < -0.4 is 5.32 Å². The van der Waals surface area contributed by atoms with Crippen molar-refractivity contribution in [3.05, 3.63) is 60.9 Å². The fourth-order valence-corrected chi connectivity index (χ4v) is 1.43. The zero-order valence-electron chi connectivity index (χ0n) is 9.34. The molecule has 1 heterocycles. The van der Waals surface area contributed by atoms with E-state index < -0.39 is 0 Å². The number of nitrogens with zero attached hydrogens (tertiary/aromatic N) is 2. The number of benzene rings is 1. The molecule has 0 aliphatic rings. The largest absolute Gasteiger partial charge is 0.348 e. The second-order valence-electron chi connectivity index (χ2n) is 3.55. The smallest absolute Gasteiger partial charge is 0.243 e. The van der Waals surface area contributed by atoms with E-state index in [0.717, 1.165) is 11.3 Å². The lowest BCUT2D eigenvalue weighted by Crippen LogP contribution is -2.19. The molecule has 1 amide bonds. The number of rotatable bonds is 4. The second-order valence-corrected chi connectivity index (χ2v) is 3.55. The lowest BCUT2D eigenvalue weighted by Gasteiger charge is -2.00. The molecule has 2 rings (SSSR count). The van der Waals surface area contributed by atoms with Crippen molar-refractivity contribution >= 4 is 5.91 Å². The van der Waals surface area contributed by atoms with E-state index in [9.17, 15) is 4.79 Å². The van der Waals surface area contributed by atoms with E-state index in [1.165, 1.54) is 6.08 Å². The van der Waals surface area contributed by atoms with E-state index in [0.29, 0.717) is 6.54 Å². The van der Waals surface area contributed by atoms with Crippen molar-refractivity contribution in [3.63, 3.8) is 0 Å². The number of nitrogens with one attached hydrogen (secondary N) is 1. The van der Waals surface area contributed by atoms with Crippen molar-refractivity contribution in [3.8, 4) is 5.69 Å². The quantitative estimate of drug-likeness (QED) is 0.808. The molecule has 0 aliphatic heterocycles. The highest BCUT2D eigenvalue weighted by Crippen LogP contribution is 2.07. The van der Waals surface area contributed by atoms with Gasteiger partial charge in [0.25, 0.3) is 0 Å². The van der Waals surface area contributed by atoms with E-state index in [-0.39, 0.29) is 5.91 Å². The van der Waals surface area contributed by atoms with Gasteiger partial charge in [0.1, 0.15) is 0 Å². The number of para-hydroxylation sites is 1. The third-order valence-electron chi connectivity index (χ3n) is 2.31. The van der Waals surface area contributed by atoms with Crippen LogP contribution in [0, 0.1) is 0 Å². The van der Waals surface area contributed by atoms with Gasteiger partial charge in [0.05, 0.1) is 11.9 Å². The summed E-state index contributed by atoms with van der Waals surface area (Å²) in [4.78, 5) is 11.0. The summed E-state index contributed by atoms with van der Waals surface area (Å²) in [7, 11) is 0. The van der Waals surface area contributed by atoms with Gasteiger partial charge in [-0.3, -0.25) is 4.79 Å². The van der Waals surface area contributed by atoms with Crippen LogP contribution in [0.15, 0.2) is 55.4 Å². The Morgan fingerprint density at radius 3 is 2.88 bits per heavy atom. The molecule has 1 aromatic carbocycles. The van der Waals surface area contributed by atoms with Gasteiger partial charge in [-0.2, -0.15) is 5.10 Å². The SMILES string of the molecule is C=CC(=O)NCc1cnn(-c2ccccc2)c1. The van der Waals surface area contributed by atoms with Gasteiger partial charge in [-0.05, 0) is 18.2 Å². The normalized spacial score (nSPS) is 9.88. The maximum Gasteiger partial charge on any atom is 0.243 e. The Hall–Kier alpha value is -2.36. The van der Waals surface area contributed by atoms with Crippen LogP contribution in [0.5, 0.6) is 0 Å². The molecule has 0 bridgehead atoms. The van der Waals surface area contributed by atoms with E-state index in [1.54, 1.807) is 10.9 Å². The minimum Gasteiger partial charge on any atom is -0.348 e. The Kier molecular flexibility index (Phi) is 3.35. The highest BCUT2D eigenvalue weighted by molar-refractivity contribution is 5.86. The molecule has 0 unspecified atom stereocenters. The van der Waals surface area contributed by atoms with Crippen LogP contribution in [0.1, 0.15) is 5.56 Å². The third-order valence-corrected chi connectivity index (χ3v) is 2.31. The Morgan fingerprint density at radius 2 is 2.18 bits per heavy atom. The average Bonchev–Trinajstić information content (AvgIpc) is 2.86. The first-order valence-corrected chi connectivity index (χ1v) is 5.29. The lowest BCUT2D eigenvalue weighted by molar-refractivity contribution is -0.116. The Bertz CT molecular complexity index is 516. The monoisotopic (exact) mass is 227 g/mol. The summed E-state index contributed by atoms with van der Waals surface area (Å²) < 4.78 is 1.77. The summed E-state index contributed by atoms with van der Waals surface area (Å²) in [5, 5.41) is 6.93. The van der Waals surface area contributed by atoms with Gasteiger partial charge in [0.2, 0.25) is 5.91 Å². The molecule has 0 radical (unpaired) electrons. The van der Waals surface area contributed by atoms with Gasteiger partial charge >= 0.3 is 0 Å². The van der Waals surface area contributed by atoms with Crippen LogP contribution in [0.4, 0.5) is 0 Å². The van der Waals surface area contributed by atoms with Crippen LogP contribution in [0.2, 0.25) is 0 Å². The van der Waals surface area contributed by atoms with Crippen LogP contribution in [-0.2, 0) is 11.3 Å². The Balaban J connectivity index is 2.06. The number of aromatic nitrogens is 2. The molecule has 2 aromatic rings. The minimum atomic E-state index is -0.183. The summed E-state index contributed by atoms with van der Waals surface area (Å²) in [5.41, 5.74) is 1.94. The highest BCUT2D eigenvalue weighted by Gasteiger charge is 2.01. The molecular formula is C13H13N3O. The molecule has 4 heteroatoms. The maximum atomic E-state index is 11.0. The van der Waals surface area contributed by atoms with Crippen molar-refractivity contribution in [2.75, 3.05) is 0 Å². The van der Waals surface area contributed by atoms with Gasteiger partial charge in [-0.25, -0.2) is 4.68 Å². The predicted molar refractivity (Wildman–Crippen MR) is 65.6 cm³/mol. The molecule has 0 fully saturated rings. The molecule has 0 aliphatic carbocycles. The summed E-state index contributed by atoms with van der Waals surface area (Å²) in [6, 6.07) is 9.81. The molecule has 1 N–H and O–H groups in total. The van der Waals surface area contributed by atoms with Gasteiger partial charge < -0.3 is 5.32 Å². The molecule has 0 saturated carbocycles. The number of hydrogen-bond acceptors (Lipinski definition) is 2. The average molecular weight is 227 g/mol. The Labute approximate surface area is 99.6 Å². The molecule has 0 spiro atoms. The van der Waals surface area contributed by atoms with Crippen molar-refractivity contribution in [1.82, 2.24) is 15.1 Å². The van der Waals surface area contributed by atoms with Gasteiger partial charge in [-0.15, -0.1) is 0 Å². The van der Waals surface area contributed by atoms with E-state index >= 15 is 0 Å². The van der Waals surface area contributed by atoms with Gasteiger partial charge in [-0.1, -0.05) is 24.8 Å². The summed E-state index contributed by atoms with van der Waals surface area (Å²) >= 11 is 0. The van der Waals surface area contributed by atoms with Crippen molar-refractivity contribution in [2.24, 2.45) is 0 Å². The first kappa shape index (κ1) is 11.1. The van der Waals surface area contributed by atoms with Gasteiger partial charge in [0, 0.05) is 18.3 Å². The molecule has 4 nitrogen and oxygen atoms in total. The van der Waals surface area contributed by atoms with Crippen LogP contribution in [0.25, 0.3) is 5.69 Å². The number of carbonyl (C=O) groups is 1. The van der Waals surface area contributed by atoms with Crippen molar-refractivity contribution in [1.29, 1.82) is 0 Å². The second kappa shape index (κ2) is 5.12. The summed E-state index contributed by atoms with van der Waals surface area (Å²) in [6.07, 6.45) is 4.87. The van der Waals surface area contributed by atoms with E-state index in [1.807, 2.05) is 36.5 Å². The van der Waals surface area contributed by atoms with E-state index in [4.69, 9.17) is 0 Å². The maximum absolute atomic E-state index is 11.0. The molecule has 1 aromatic heterocycles. The standard InChI is InChI=1S/C13H13N3O/c1-2-13(17)14-8-11-9-15-16(10-11)12-6-4-3-5-7-12/h2-7,9-10H,1,8H2,(H,14,17). The first-order chi connectivity index (χ1) is 8.29. The third kappa shape index (κ3) is 2.81. The molecule has 17 heavy (non-hydrogen) atoms. The molecular weight excluding hydrogens is 214 g/mol. The fourth-order valence-electron chi connectivity index (χ4n) is 1.43. The summed E-state index contributed by atoms with van der Waals surface area (Å²) in [5.74, 6) is -0.183. The fraction of sp³-hybridized carbons (Fsp3) is 0.0769. The molecule has 86 valence electrons. The zero-order chi connectivity index (χ0) is 12.1. The Morgan fingerprint density at radius 1 is 1.41 bits per heavy atom. The number of hydrogen-bond donors (Lipinski definition) is 1.